The van der Waals surface area contributed by atoms with Gasteiger partial charge in [0, 0.05) is 64.1 Å². The minimum absolute atomic E-state index is 0.601. The van der Waals surface area contributed by atoms with Gasteiger partial charge in [0.25, 0.3) is 0 Å². The summed E-state index contributed by atoms with van der Waals surface area (Å²) in [5, 5.41) is 7.29. The molecule has 0 N–H and O–H groups in total. The highest BCUT2D eigenvalue weighted by molar-refractivity contribution is 7.26. The monoisotopic (exact) mass is 670 g/mol. The molecular formula is C45H26N4OS. The number of aromatic nitrogens is 4. The molecule has 0 aliphatic rings. The van der Waals surface area contributed by atoms with Gasteiger partial charge in [-0.25, -0.2) is 15.0 Å². The van der Waals surface area contributed by atoms with Gasteiger partial charge in [-0.2, -0.15) is 0 Å². The Bertz CT molecular complexity index is 3080. The van der Waals surface area contributed by atoms with E-state index >= 15 is 0 Å². The van der Waals surface area contributed by atoms with Gasteiger partial charge in [-0.3, -0.25) is 0 Å². The van der Waals surface area contributed by atoms with Crippen LogP contribution in [0.4, 0.5) is 0 Å². The van der Waals surface area contributed by atoms with Crippen molar-refractivity contribution in [3.05, 3.63) is 158 Å². The summed E-state index contributed by atoms with van der Waals surface area (Å²) in [5.74, 6) is 1.87. The zero-order valence-corrected chi connectivity index (χ0v) is 27.9. The van der Waals surface area contributed by atoms with Crippen molar-refractivity contribution < 1.29 is 4.42 Å². The van der Waals surface area contributed by atoms with Crippen molar-refractivity contribution in [3.8, 4) is 39.9 Å². The lowest BCUT2D eigenvalue weighted by atomic mass is 10.1. The Morgan fingerprint density at radius 2 is 1.08 bits per heavy atom. The maximum atomic E-state index is 6.50. The molecule has 7 aromatic carbocycles. The lowest BCUT2D eigenvalue weighted by Crippen LogP contribution is -2.00. The molecule has 0 spiro atoms. The van der Waals surface area contributed by atoms with E-state index in [0.717, 1.165) is 44.3 Å². The number of para-hydroxylation sites is 1. The molecule has 0 unspecified atom stereocenters. The summed E-state index contributed by atoms with van der Waals surface area (Å²) in [4.78, 5) is 14.7. The first kappa shape index (κ1) is 28.2. The summed E-state index contributed by atoms with van der Waals surface area (Å²) in [6.07, 6.45) is 0. The van der Waals surface area contributed by atoms with Crippen LogP contribution in [0.25, 0.3) is 104 Å². The molecular weight excluding hydrogens is 645 g/mol. The zero-order chi connectivity index (χ0) is 33.5. The molecule has 238 valence electrons. The molecule has 0 aliphatic carbocycles. The number of furan rings is 1. The maximum absolute atomic E-state index is 6.50. The lowest BCUT2D eigenvalue weighted by molar-refractivity contribution is 0.669. The Morgan fingerprint density at radius 3 is 1.84 bits per heavy atom. The Hall–Kier alpha value is -6.63. The summed E-state index contributed by atoms with van der Waals surface area (Å²) in [5.41, 5.74) is 7.85. The number of fused-ring (bicyclic) bond motifs is 10. The minimum atomic E-state index is 0.601. The van der Waals surface area contributed by atoms with Crippen LogP contribution >= 0.6 is 11.3 Å². The molecule has 0 bridgehead atoms. The van der Waals surface area contributed by atoms with Gasteiger partial charge < -0.3 is 8.98 Å². The fourth-order valence-corrected chi connectivity index (χ4v) is 8.75. The standard InChI is InChI=1S/C45H26N4OS/c1-3-11-27(12-4-1)43-46-44(28-13-5-2-6-14-28)48-45(47-43)29-19-21-31-35-26-30(20-24-38(35)50-39(31)25-29)49-36-17-9-7-16-34(36)41-37(49)23-22-33-32-15-8-10-18-40(32)51-42(33)41/h1-26H. The molecule has 0 saturated heterocycles. The van der Waals surface area contributed by atoms with E-state index in [1.807, 2.05) is 78.1 Å². The Morgan fingerprint density at radius 1 is 0.431 bits per heavy atom. The lowest BCUT2D eigenvalue weighted by Gasteiger charge is -2.08. The van der Waals surface area contributed by atoms with Crippen LogP contribution in [0, 0.1) is 0 Å². The van der Waals surface area contributed by atoms with Crippen molar-refractivity contribution in [1.29, 1.82) is 0 Å². The van der Waals surface area contributed by atoms with Crippen LogP contribution in [0.1, 0.15) is 0 Å². The SMILES string of the molecule is c1ccc(-c2nc(-c3ccccc3)nc(-c3ccc4c(c3)oc3ccc(-n5c6ccccc6c6c7sc8ccccc8c7ccc65)cc34)n2)cc1. The number of thiophene rings is 1. The molecule has 51 heavy (non-hydrogen) atoms. The van der Waals surface area contributed by atoms with Crippen LogP contribution in [0.2, 0.25) is 0 Å². The molecule has 4 aromatic heterocycles. The maximum Gasteiger partial charge on any atom is 0.164 e. The number of rotatable bonds is 4. The fraction of sp³-hybridized carbons (Fsp3) is 0. The van der Waals surface area contributed by atoms with E-state index < -0.39 is 0 Å². The van der Waals surface area contributed by atoms with E-state index in [2.05, 4.69) is 95.6 Å². The third-order valence-corrected chi connectivity index (χ3v) is 11.1. The number of hydrogen-bond acceptors (Lipinski definition) is 5. The van der Waals surface area contributed by atoms with Gasteiger partial charge in [-0.15, -0.1) is 11.3 Å². The Labute approximate surface area is 295 Å². The Balaban J connectivity index is 1.08. The third kappa shape index (κ3) is 4.37. The van der Waals surface area contributed by atoms with Gasteiger partial charge in [0.2, 0.25) is 0 Å². The minimum Gasteiger partial charge on any atom is -0.456 e. The fourth-order valence-electron chi connectivity index (χ4n) is 7.49. The predicted octanol–water partition coefficient (Wildman–Crippen LogP) is 12.2. The molecule has 0 amide bonds. The number of benzene rings is 7. The highest BCUT2D eigenvalue weighted by Crippen LogP contribution is 2.44. The number of hydrogen-bond donors (Lipinski definition) is 0. The normalized spacial score (nSPS) is 11.9. The summed E-state index contributed by atoms with van der Waals surface area (Å²) in [7, 11) is 0. The first-order valence-electron chi connectivity index (χ1n) is 16.9. The predicted molar refractivity (Wildman–Crippen MR) is 211 cm³/mol. The molecule has 5 nitrogen and oxygen atoms in total. The van der Waals surface area contributed by atoms with Gasteiger partial charge in [-0.1, -0.05) is 109 Å². The number of nitrogens with zero attached hydrogens (tertiary/aromatic N) is 4. The van der Waals surface area contributed by atoms with E-state index in [9.17, 15) is 0 Å². The molecule has 0 aliphatic heterocycles. The molecule has 0 radical (unpaired) electrons. The topological polar surface area (TPSA) is 56.7 Å². The molecule has 0 atom stereocenters. The quantitative estimate of drug-likeness (QED) is 0.187. The van der Waals surface area contributed by atoms with E-state index in [1.54, 1.807) is 0 Å². The van der Waals surface area contributed by atoms with Crippen LogP contribution in [0.3, 0.4) is 0 Å². The van der Waals surface area contributed by atoms with Crippen LogP contribution in [0.15, 0.2) is 162 Å². The van der Waals surface area contributed by atoms with E-state index in [4.69, 9.17) is 19.4 Å². The van der Waals surface area contributed by atoms with Crippen LogP contribution < -0.4 is 0 Å². The summed E-state index contributed by atoms with van der Waals surface area (Å²) >= 11 is 1.88. The highest BCUT2D eigenvalue weighted by atomic mass is 32.1. The molecule has 11 rings (SSSR count). The largest absolute Gasteiger partial charge is 0.456 e. The molecule has 4 heterocycles. The second kappa shape index (κ2) is 10.9. The van der Waals surface area contributed by atoms with Crippen molar-refractivity contribution >= 4 is 75.3 Å². The van der Waals surface area contributed by atoms with E-state index in [0.29, 0.717) is 17.5 Å². The van der Waals surface area contributed by atoms with Crippen molar-refractivity contribution in [2.24, 2.45) is 0 Å². The summed E-state index contributed by atoms with van der Waals surface area (Å²) < 4.78 is 11.5. The van der Waals surface area contributed by atoms with Gasteiger partial charge >= 0.3 is 0 Å². The van der Waals surface area contributed by atoms with E-state index in [1.165, 1.54) is 42.0 Å². The third-order valence-electron chi connectivity index (χ3n) is 9.85. The smallest absolute Gasteiger partial charge is 0.164 e. The highest BCUT2D eigenvalue weighted by Gasteiger charge is 2.19. The van der Waals surface area contributed by atoms with Gasteiger partial charge in [0.15, 0.2) is 17.5 Å². The first-order valence-corrected chi connectivity index (χ1v) is 17.8. The zero-order valence-electron chi connectivity index (χ0n) is 27.1. The molecule has 0 saturated carbocycles. The second-order valence-corrected chi connectivity index (χ2v) is 13.9. The van der Waals surface area contributed by atoms with Crippen LogP contribution in [0.5, 0.6) is 0 Å². The molecule has 0 fully saturated rings. The molecule has 11 aromatic rings. The summed E-state index contributed by atoms with van der Waals surface area (Å²) in [6.45, 7) is 0. The second-order valence-electron chi connectivity index (χ2n) is 12.8. The first-order chi connectivity index (χ1) is 25.3. The van der Waals surface area contributed by atoms with Gasteiger partial charge in [-0.05, 0) is 48.5 Å². The summed E-state index contributed by atoms with van der Waals surface area (Å²) in [6, 6.07) is 54.9. The van der Waals surface area contributed by atoms with Crippen molar-refractivity contribution in [2.75, 3.05) is 0 Å². The molecule has 6 heteroatoms. The average Bonchev–Trinajstić information content (AvgIpc) is 3.87. The van der Waals surface area contributed by atoms with Crippen LogP contribution in [-0.4, -0.2) is 19.5 Å². The average molecular weight is 671 g/mol. The van der Waals surface area contributed by atoms with Gasteiger partial charge in [0.1, 0.15) is 11.2 Å². The van der Waals surface area contributed by atoms with Crippen LogP contribution in [-0.2, 0) is 0 Å². The van der Waals surface area contributed by atoms with E-state index in [-0.39, 0.29) is 0 Å². The van der Waals surface area contributed by atoms with Crippen molar-refractivity contribution in [1.82, 2.24) is 19.5 Å². The Kier molecular flexibility index (Phi) is 6.05. The van der Waals surface area contributed by atoms with Gasteiger partial charge in [0.05, 0.1) is 11.0 Å². The van der Waals surface area contributed by atoms with Crippen molar-refractivity contribution in [2.45, 2.75) is 0 Å². The van der Waals surface area contributed by atoms with Crippen molar-refractivity contribution in [3.63, 3.8) is 0 Å².